The fourth-order valence-corrected chi connectivity index (χ4v) is 1.88. The van der Waals surface area contributed by atoms with E-state index in [0.717, 1.165) is 6.42 Å². The number of benzene rings is 1. The molecular formula is C15H25N. The van der Waals surface area contributed by atoms with E-state index in [1.165, 1.54) is 36.8 Å². The molecule has 1 aromatic carbocycles. The molecule has 0 saturated heterocycles. The van der Waals surface area contributed by atoms with Gasteiger partial charge in [0.05, 0.1) is 0 Å². The summed E-state index contributed by atoms with van der Waals surface area (Å²) in [7, 11) is 2.02. The van der Waals surface area contributed by atoms with Gasteiger partial charge in [0, 0.05) is 6.04 Å². The van der Waals surface area contributed by atoms with Crippen molar-refractivity contribution in [3.05, 3.63) is 35.4 Å². The lowest BCUT2D eigenvalue weighted by atomic mass is 10.0. The molecule has 0 saturated carbocycles. The first-order valence-corrected chi connectivity index (χ1v) is 6.51. The first-order valence-electron chi connectivity index (χ1n) is 6.51. The minimum absolute atomic E-state index is 0.561. The third-order valence-electron chi connectivity index (χ3n) is 3.13. The second-order valence-electron chi connectivity index (χ2n) is 4.67. The second-order valence-corrected chi connectivity index (χ2v) is 4.67. The highest BCUT2D eigenvalue weighted by Gasteiger charge is 2.00. The lowest BCUT2D eigenvalue weighted by Gasteiger charge is -2.10. The molecule has 0 spiro atoms. The van der Waals surface area contributed by atoms with Crippen LogP contribution < -0.4 is 5.32 Å². The lowest BCUT2D eigenvalue weighted by Crippen LogP contribution is -2.23. The molecule has 0 amide bonds. The van der Waals surface area contributed by atoms with E-state index in [-0.39, 0.29) is 0 Å². The van der Waals surface area contributed by atoms with Crippen LogP contribution >= 0.6 is 0 Å². The normalized spacial score (nSPS) is 12.7. The Kier molecular flexibility index (Phi) is 6.17. The quantitative estimate of drug-likeness (QED) is 0.691. The molecular weight excluding hydrogens is 194 g/mol. The van der Waals surface area contributed by atoms with Crippen LogP contribution in [-0.2, 0) is 12.8 Å². The van der Waals surface area contributed by atoms with Gasteiger partial charge >= 0.3 is 0 Å². The largest absolute Gasteiger partial charge is 0.317 e. The Morgan fingerprint density at radius 3 is 2.25 bits per heavy atom. The maximum Gasteiger partial charge on any atom is 0.00761 e. The van der Waals surface area contributed by atoms with Gasteiger partial charge in [0.2, 0.25) is 0 Å². The van der Waals surface area contributed by atoms with Crippen molar-refractivity contribution in [3.8, 4) is 0 Å². The van der Waals surface area contributed by atoms with Crippen LogP contribution in [0.25, 0.3) is 0 Å². The van der Waals surface area contributed by atoms with E-state index in [0.29, 0.717) is 6.04 Å². The minimum atomic E-state index is 0.561. The molecule has 0 aromatic heterocycles. The van der Waals surface area contributed by atoms with Crippen molar-refractivity contribution in [1.82, 2.24) is 5.32 Å². The summed E-state index contributed by atoms with van der Waals surface area (Å²) in [6.45, 7) is 4.47. The van der Waals surface area contributed by atoms with E-state index in [1.54, 1.807) is 0 Å². The van der Waals surface area contributed by atoms with Gasteiger partial charge in [0.1, 0.15) is 0 Å². The van der Waals surface area contributed by atoms with Crippen molar-refractivity contribution >= 4 is 0 Å². The average molecular weight is 219 g/mol. The molecule has 1 atom stereocenters. The maximum absolute atomic E-state index is 3.27. The van der Waals surface area contributed by atoms with E-state index < -0.39 is 0 Å². The molecule has 0 fully saturated rings. The minimum Gasteiger partial charge on any atom is -0.317 e. The molecule has 0 bridgehead atoms. The first kappa shape index (κ1) is 13.2. The zero-order chi connectivity index (χ0) is 11.8. The summed E-state index contributed by atoms with van der Waals surface area (Å²) < 4.78 is 0. The van der Waals surface area contributed by atoms with Crippen LogP contribution in [0, 0.1) is 0 Å². The van der Waals surface area contributed by atoms with Crippen LogP contribution in [0.1, 0.15) is 44.2 Å². The Hall–Kier alpha value is -0.820. The van der Waals surface area contributed by atoms with Crippen LogP contribution in [0.3, 0.4) is 0 Å². The predicted octanol–water partition coefficient (Wildman–Crippen LogP) is 3.57. The van der Waals surface area contributed by atoms with E-state index in [9.17, 15) is 0 Å². The predicted molar refractivity (Wildman–Crippen MR) is 71.9 cm³/mol. The van der Waals surface area contributed by atoms with Crippen LogP contribution in [0.4, 0.5) is 0 Å². The monoisotopic (exact) mass is 219 g/mol. The summed E-state index contributed by atoms with van der Waals surface area (Å²) in [5.41, 5.74) is 2.91. The van der Waals surface area contributed by atoms with Crippen molar-refractivity contribution in [2.75, 3.05) is 7.05 Å². The van der Waals surface area contributed by atoms with Crippen LogP contribution in [-0.4, -0.2) is 13.1 Å². The van der Waals surface area contributed by atoms with E-state index >= 15 is 0 Å². The summed E-state index contributed by atoms with van der Waals surface area (Å²) in [6, 6.07) is 9.68. The van der Waals surface area contributed by atoms with Gasteiger partial charge in [-0.3, -0.25) is 0 Å². The number of hydrogen-bond donors (Lipinski definition) is 1. The van der Waals surface area contributed by atoms with Gasteiger partial charge in [-0.15, -0.1) is 0 Å². The molecule has 0 heterocycles. The highest BCUT2D eigenvalue weighted by molar-refractivity contribution is 5.23. The van der Waals surface area contributed by atoms with Crippen molar-refractivity contribution in [2.45, 2.75) is 52.0 Å². The number of aryl methyl sites for hydroxylation is 1. The summed E-state index contributed by atoms with van der Waals surface area (Å²) >= 11 is 0. The fourth-order valence-electron chi connectivity index (χ4n) is 1.88. The van der Waals surface area contributed by atoms with Crippen LogP contribution in [0.15, 0.2) is 24.3 Å². The van der Waals surface area contributed by atoms with E-state index in [2.05, 4.69) is 43.4 Å². The third kappa shape index (κ3) is 4.80. The van der Waals surface area contributed by atoms with Gasteiger partial charge in [-0.2, -0.15) is 0 Å². The first-order chi connectivity index (χ1) is 7.76. The highest BCUT2D eigenvalue weighted by Crippen LogP contribution is 2.10. The van der Waals surface area contributed by atoms with Gasteiger partial charge in [0.25, 0.3) is 0 Å². The number of rotatable bonds is 7. The molecule has 1 heteroatoms. The highest BCUT2D eigenvalue weighted by atomic mass is 14.8. The van der Waals surface area contributed by atoms with Crippen molar-refractivity contribution in [3.63, 3.8) is 0 Å². The van der Waals surface area contributed by atoms with Gasteiger partial charge in [-0.05, 0) is 44.4 Å². The number of hydrogen-bond acceptors (Lipinski definition) is 1. The zero-order valence-corrected chi connectivity index (χ0v) is 10.9. The Morgan fingerprint density at radius 2 is 1.69 bits per heavy atom. The summed E-state index contributed by atoms with van der Waals surface area (Å²) in [4.78, 5) is 0. The molecule has 0 aliphatic rings. The standard InChI is InChI=1S/C15H25N/c1-4-5-6-7-14-8-10-15(11-9-14)12-13(2)16-3/h8-11,13,16H,4-7,12H2,1-3H3/t13-/m0/s1. The molecule has 1 nitrogen and oxygen atoms in total. The van der Waals surface area contributed by atoms with Gasteiger partial charge in [-0.25, -0.2) is 0 Å². The topological polar surface area (TPSA) is 12.0 Å². The summed E-state index contributed by atoms with van der Waals surface area (Å²) in [5.74, 6) is 0. The average Bonchev–Trinajstić information content (AvgIpc) is 2.31. The molecule has 16 heavy (non-hydrogen) atoms. The number of likely N-dealkylation sites (N-methyl/N-ethyl adjacent to an activating group) is 1. The summed E-state index contributed by atoms with van der Waals surface area (Å²) in [5, 5.41) is 3.27. The number of unbranched alkanes of at least 4 members (excludes halogenated alkanes) is 2. The zero-order valence-electron chi connectivity index (χ0n) is 10.9. The lowest BCUT2D eigenvalue weighted by molar-refractivity contribution is 0.608. The van der Waals surface area contributed by atoms with Crippen molar-refractivity contribution in [2.24, 2.45) is 0 Å². The molecule has 90 valence electrons. The van der Waals surface area contributed by atoms with E-state index in [4.69, 9.17) is 0 Å². The third-order valence-corrected chi connectivity index (χ3v) is 3.13. The van der Waals surface area contributed by atoms with Gasteiger partial charge in [0.15, 0.2) is 0 Å². The van der Waals surface area contributed by atoms with Crippen LogP contribution in [0.2, 0.25) is 0 Å². The molecule has 0 radical (unpaired) electrons. The Labute approximate surface area is 100 Å². The second kappa shape index (κ2) is 7.45. The summed E-state index contributed by atoms with van der Waals surface area (Å²) in [6.07, 6.45) is 6.32. The van der Waals surface area contributed by atoms with Crippen LogP contribution in [0.5, 0.6) is 0 Å². The molecule has 1 N–H and O–H groups in total. The molecule has 0 unspecified atom stereocenters. The molecule has 0 aliphatic carbocycles. The fraction of sp³-hybridized carbons (Fsp3) is 0.600. The Morgan fingerprint density at radius 1 is 1.06 bits per heavy atom. The van der Waals surface area contributed by atoms with Gasteiger partial charge in [-0.1, -0.05) is 44.0 Å². The maximum atomic E-state index is 3.27. The van der Waals surface area contributed by atoms with E-state index in [1.807, 2.05) is 7.05 Å². The Balaban J connectivity index is 2.41. The number of nitrogens with one attached hydrogen (secondary N) is 1. The smallest absolute Gasteiger partial charge is 0.00761 e. The molecule has 1 aromatic rings. The molecule has 0 aliphatic heterocycles. The molecule has 1 rings (SSSR count). The Bertz CT molecular complexity index is 276. The van der Waals surface area contributed by atoms with Gasteiger partial charge < -0.3 is 5.32 Å². The SMILES string of the molecule is CCCCCc1ccc(C[C@H](C)NC)cc1. The van der Waals surface area contributed by atoms with Crippen molar-refractivity contribution < 1.29 is 0 Å². The van der Waals surface area contributed by atoms with Crippen molar-refractivity contribution in [1.29, 1.82) is 0 Å².